The van der Waals surface area contributed by atoms with Crippen LogP contribution in [0.1, 0.15) is 68.1 Å². The molecule has 3 aromatic rings. The van der Waals surface area contributed by atoms with E-state index in [1.54, 1.807) is 6.20 Å². The molecule has 2 fully saturated rings. The average Bonchev–Trinajstić information content (AvgIpc) is 3.42. The molecule has 1 aliphatic carbocycles. The van der Waals surface area contributed by atoms with E-state index in [2.05, 4.69) is 34.4 Å². The van der Waals surface area contributed by atoms with E-state index < -0.39 is 0 Å². The molecular weight excluding hydrogens is 394 g/mol. The van der Waals surface area contributed by atoms with Gasteiger partial charge in [-0.1, -0.05) is 29.4 Å². The van der Waals surface area contributed by atoms with Crippen molar-refractivity contribution >= 4 is 0 Å². The molecule has 0 radical (unpaired) electrons. The molecule has 31 heavy (non-hydrogen) atoms. The summed E-state index contributed by atoms with van der Waals surface area (Å²) in [6.07, 6.45) is 8.14. The lowest BCUT2D eigenvalue weighted by atomic mass is 9.77. The summed E-state index contributed by atoms with van der Waals surface area (Å²) >= 11 is 0. The van der Waals surface area contributed by atoms with Crippen LogP contribution in [0.15, 0.2) is 47.2 Å². The van der Waals surface area contributed by atoms with Crippen molar-refractivity contribution < 1.29 is 19.1 Å². The Balaban J connectivity index is 1.23. The third-order valence-electron chi connectivity index (χ3n) is 6.28. The summed E-state index contributed by atoms with van der Waals surface area (Å²) in [6.45, 7) is 3.33. The molecule has 0 spiro atoms. The van der Waals surface area contributed by atoms with Crippen LogP contribution in [0.25, 0.3) is 11.3 Å². The SMILES string of the molecule is C[C@H](OC1CCCCO1)c1nccn1Cc1cc(-c2ccc(C3CC(O)C3)cc2)on1. The van der Waals surface area contributed by atoms with Gasteiger partial charge in [0.15, 0.2) is 12.1 Å². The maximum absolute atomic E-state index is 9.51. The van der Waals surface area contributed by atoms with Gasteiger partial charge in [-0.2, -0.15) is 0 Å². The van der Waals surface area contributed by atoms with Gasteiger partial charge in [-0.3, -0.25) is 0 Å². The van der Waals surface area contributed by atoms with E-state index in [1.165, 1.54) is 5.56 Å². The molecule has 1 saturated carbocycles. The highest BCUT2D eigenvalue weighted by Crippen LogP contribution is 2.37. The zero-order chi connectivity index (χ0) is 21.2. The van der Waals surface area contributed by atoms with Crippen LogP contribution < -0.4 is 0 Å². The molecule has 2 aromatic heterocycles. The largest absolute Gasteiger partial charge is 0.393 e. The Bertz CT molecular complexity index is 984. The van der Waals surface area contributed by atoms with Gasteiger partial charge < -0.3 is 23.7 Å². The van der Waals surface area contributed by atoms with Crippen molar-refractivity contribution in [3.8, 4) is 11.3 Å². The Morgan fingerprint density at radius 1 is 1.23 bits per heavy atom. The summed E-state index contributed by atoms with van der Waals surface area (Å²) < 4.78 is 19.4. The Morgan fingerprint density at radius 2 is 2.06 bits per heavy atom. The quantitative estimate of drug-likeness (QED) is 0.605. The Kier molecular flexibility index (Phi) is 5.89. The first kappa shape index (κ1) is 20.4. The summed E-state index contributed by atoms with van der Waals surface area (Å²) in [7, 11) is 0. The molecule has 1 aromatic carbocycles. The molecule has 3 heterocycles. The molecule has 1 unspecified atom stereocenters. The van der Waals surface area contributed by atoms with Gasteiger partial charge in [0, 0.05) is 30.6 Å². The van der Waals surface area contributed by atoms with Crippen molar-refractivity contribution in [1.82, 2.24) is 14.7 Å². The first-order chi connectivity index (χ1) is 15.2. The minimum atomic E-state index is -0.165. The monoisotopic (exact) mass is 423 g/mol. The van der Waals surface area contributed by atoms with Gasteiger partial charge in [-0.05, 0) is 50.5 Å². The Hall–Kier alpha value is -2.48. The van der Waals surface area contributed by atoms with E-state index in [4.69, 9.17) is 14.0 Å². The molecule has 1 aliphatic heterocycles. The van der Waals surface area contributed by atoms with Gasteiger partial charge in [0.25, 0.3) is 0 Å². The van der Waals surface area contributed by atoms with Crippen molar-refractivity contribution in [1.29, 1.82) is 0 Å². The fourth-order valence-electron chi connectivity index (χ4n) is 4.40. The van der Waals surface area contributed by atoms with Crippen LogP contribution in [0.5, 0.6) is 0 Å². The second-order valence-corrected chi connectivity index (χ2v) is 8.61. The molecule has 1 N–H and O–H groups in total. The molecular formula is C24H29N3O4. The maximum Gasteiger partial charge on any atom is 0.167 e. The highest BCUT2D eigenvalue weighted by Gasteiger charge is 2.28. The van der Waals surface area contributed by atoms with Crippen LogP contribution >= 0.6 is 0 Å². The summed E-state index contributed by atoms with van der Waals surface area (Å²) in [5.41, 5.74) is 3.11. The number of aromatic nitrogens is 3. The molecule has 2 atom stereocenters. The van der Waals surface area contributed by atoms with Gasteiger partial charge in [-0.25, -0.2) is 4.98 Å². The van der Waals surface area contributed by atoms with Crippen LogP contribution in [0.4, 0.5) is 0 Å². The molecule has 7 nitrogen and oxygen atoms in total. The molecule has 0 amide bonds. The van der Waals surface area contributed by atoms with E-state index in [-0.39, 0.29) is 18.5 Å². The topological polar surface area (TPSA) is 82.5 Å². The molecule has 1 saturated heterocycles. The maximum atomic E-state index is 9.51. The predicted octanol–water partition coefficient (Wildman–Crippen LogP) is 4.43. The number of nitrogens with zero attached hydrogens (tertiary/aromatic N) is 3. The molecule has 7 heteroatoms. The number of aliphatic hydroxyl groups excluding tert-OH is 1. The first-order valence-corrected chi connectivity index (χ1v) is 11.2. The van der Waals surface area contributed by atoms with Crippen LogP contribution in [0, 0.1) is 0 Å². The van der Waals surface area contributed by atoms with E-state index >= 15 is 0 Å². The fraction of sp³-hybridized carbons (Fsp3) is 0.500. The minimum absolute atomic E-state index is 0.141. The van der Waals surface area contributed by atoms with Crippen LogP contribution in [0.2, 0.25) is 0 Å². The number of benzene rings is 1. The predicted molar refractivity (Wildman–Crippen MR) is 114 cm³/mol. The van der Waals surface area contributed by atoms with Gasteiger partial charge >= 0.3 is 0 Å². The third kappa shape index (κ3) is 4.59. The third-order valence-corrected chi connectivity index (χ3v) is 6.28. The van der Waals surface area contributed by atoms with Crippen LogP contribution in [-0.4, -0.2) is 38.8 Å². The number of ether oxygens (including phenoxy) is 2. The van der Waals surface area contributed by atoms with Gasteiger partial charge in [0.05, 0.1) is 12.6 Å². The van der Waals surface area contributed by atoms with Gasteiger partial charge in [0.1, 0.15) is 17.6 Å². The number of aliphatic hydroxyl groups is 1. The summed E-state index contributed by atoms with van der Waals surface area (Å²) in [5, 5.41) is 13.8. The van der Waals surface area contributed by atoms with E-state index in [9.17, 15) is 5.11 Å². The van der Waals surface area contributed by atoms with Crippen molar-refractivity contribution in [2.45, 2.75) is 70.0 Å². The summed E-state index contributed by atoms with van der Waals surface area (Å²) in [6, 6.07) is 10.3. The zero-order valence-corrected chi connectivity index (χ0v) is 17.8. The summed E-state index contributed by atoms with van der Waals surface area (Å²) in [4.78, 5) is 4.49. The number of imidazole rings is 1. The van der Waals surface area contributed by atoms with Gasteiger partial charge in [0.2, 0.25) is 0 Å². The lowest BCUT2D eigenvalue weighted by Crippen LogP contribution is -2.26. The van der Waals surface area contributed by atoms with Crippen molar-refractivity contribution in [3.63, 3.8) is 0 Å². The first-order valence-electron chi connectivity index (χ1n) is 11.2. The smallest absolute Gasteiger partial charge is 0.167 e. The van der Waals surface area contributed by atoms with E-state index in [0.29, 0.717) is 12.5 Å². The molecule has 164 valence electrons. The normalized spacial score (nSPS) is 24.6. The second-order valence-electron chi connectivity index (χ2n) is 8.61. The van der Waals surface area contributed by atoms with Crippen molar-refractivity contribution in [2.75, 3.05) is 6.61 Å². The van der Waals surface area contributed by atoms with Crippen LogP contribution in [-0.2, 0) is 16.0 Å². The van der Waals surface area contributed by atoms with Crippen molar-refractivity contribution in [2.24, 2.45) is 0 Å². The fourth-order valence-corrected chi connectivity index (χ4v) is 4.40. The van der Waals surface area contributed by atoms with E-state index in [0.717, 1.165) is 61.6 Å². The Labute approximate surface area is 182 Å². The molecule has 2 aliphatic rings. The highest BCUT2D eigenvalue weighted by atomic mass is 16.7. The second kappa shape index (κ2) is 8.94. The number of rotatable bonds is 7. The van der Waals surface area contributed by atoms with Crippen molar-refractivity contribution in [3.05, 3.63) is 59.8 Å². The minimum Gasteiger partial charge on any atom is -0.393 e. The highest BCUT2D eigenvalue weighted by molar-refractivity contribution is 5.58. The van der Waals surface area contributed by atoms with Gasteiger partial charge in [-0.15, -0.1) is 0 Å². The number of hydrogen-bond acceptors (Lipinski definition) is 6. The Morgan fingerprint density at radius 3 is 2.81 bits per heavy atom. The molecule has 5 rings (SSSR count). The lowest BCUT2D eigenvalue weighted by molar-refractivity contribution is -0.188. The zero-order valence-electron chi connectivity index (χ0n) is 17.8. The average molecular weight is 424 g/mol. The standard InChI is InChI=1S/C24H29N3O4/c1-16(30-23-4-2-3-11-29-23)24-25-9-10-27(24)15-20-14-22(31-26-20)18-7-5-17(6-8-18)19-12-21(28)13-19/h5-10,14,16,19,21,23,28H,2-4,11-13,15H2,1H3/t16-,19?,21?,23?/m0/s1. The number of hydrogen-bond donors (Lipinski definition) is 1. The summed E-state index contributed by atoms with van der Waals surface area (Å²) in [5.74, 6) is 2.07. The van der Waals surface area contributed by atoms with Crippen LogP contribution in [0.3, 0.4) is 0 Å². The molecule has 0 bridgehead atoms. The lowest BCUT2D eigenvalue weighted by Gasteiger charge is -2.31. The van der Waals surface area contributed by atoms with E-state index in [1.807, 2.05) is 23.8 Å².